The highest BCUT2D eigenvalue weighted by Crippen LogP contribution is 2.12. The van der Waals surface area contributed by atoms with Crippen molar-refractivity contribution in [2.45, 2.75) is 12.8 Å². The SMILES string of the molecule is Nc1ccc(CCNC(=O)CCN2CCN(c3ccccn3)CC2)cc1. The van der Waals surface area contributed by atoms with Gasteiger partial charge >= 0.3 is 0 Å². The molecule has 6 heteroatoms. The molecule has 0 spiro atoms. The lowest BCUT2D eigenvalue weighted by Crippen LogP contribution is -2.47. The summed E-state index contributed by atoms with van der Waals surface area (Å²) in [6.07, 6.45) is 3.20. The summed E-state index contributed by atoms with van der Waals surface area (Å²) in [6, 6.07) is 13.8. The smallest absolute Gasteiger partial charge is 0.221 e. The monoisotopic (exact) mass is 353 g/mol. The van der Waals surface area contributed by atoms with Gasteiger partial charge in [-0.1, -0.05) is 18.2 Å². The number of nitrogens with zero attached hydrogens (tertiary/aromatic N) is 3. The van der Waals surface area contributed by atoms with Gasteiger partial charge in [-0.15, -0.1) is 0 Å². The summed E-state index contributed by atoms with van der Waals surface area (Å²) in [5, 5.41) is 3.00. The number of anilines is 2. The zero-order chi connectivity index (χ0) is 18.2. The van der Waals surface area contributed by atoms with Gasteiger partial charge in [0, 0.05) is 57.6 Å². The largest absolute Gasteiger partial charge is 0.399 e. The Hall–Kier alpha value is -2.60. The lowest BCUT2D eigenvalue weighted by atomic mass is 10.1. The van der Waals surface area contributed by atoms with Crippen LogP contribution in [-0.4, -0.2) is 55.1 Å². The zero-order valence-corrected chi connectivity index (χ0v) is 15.1. The van der Waals surface area contributed by atoms with Crippen molar-refractivity contribution in [3.63, 3.8) is 0 Å². The van der Waals surface area contributed by atoms with Crippen LogP contribution in [0.2, 0.25) is 0 Å². The molecule has 0 bridgehead atoms. The average Bonchev–Trinajstić information content (AvgIpc) is 2.69. The number of hydrogen-bond acceptors (Lipinski definition) is 5. The number of hydrogen-bond donors (Lipinski definition) is 2. The van der Waals surface area contributed by atoms with Crippen molar-refractivity contribution >= 4 is 17.4 Å². The summed E-state index contributed by atoms with van der Waals surface area (Å²) in [7, 11) is 0. The highest BCUT2D eigenvalue weighted by Gasteiger charge is 2.18. The third-order valence-corrected chi connectivity index (χ3v) is 4.72. The predicted molar refractivity (Wildman–Crippen MR) is 105 cm³/mol. The fourth-order valence-electron chi connectivity index (χ4n) is 3.12. The lowest BCUT2D eigenvalue weighted by molar-refractivity contribution is -0.121. The maximum Gasteiger partial charge on any atom is 0.221 e. The maximum absolute atomic E-state index is 12.0. The van der Waals surface area contributed by atoms with E-state index in [1.54, 1.807) is 0 Å². The number of nitrogens with two attached hydrogens (primary N) is 1. The Morgan fingerprint density at radius 2 is 1.85 bits per heavy atom. The Kier molecular flexibility index (Phi) is 6.44. The van der Waals surface area contributed by atoms with E-state index >= 15 is 0 Å². The van der Waals surface area contributed by atoms with Gasteiger partial charge in [-0.05, 0) is 36.2 Å². The number of carbonyl (C=O) groups excluding carboxylic acids is 1. The molecule has 1 aliphatic heterocycles. The predicted octanol–water partition coefficient (Wildman–Crippen LogP) is 1.53. The molecule has 1 amide bonds. The summed E-state index contributed by atoms with van der Waals surface area (Å²) < 4.78 is 0. The molecule has 1 saturated heterocycles. The Balaban J connectivity index is 1.31. The molecule has 138 valence electrons. The molecule has 2 aromatic rings. The van der Waals surface area contributed by atoms with Gasteiger partial charge < -0.3 is 16.0 Å². The van der Waals surface area contributed by atoms with Crippen molar-refractivity contribution in [1.29, 1.82) is 0 Å². The average molecular weight is 353 g/mol. The molecule has 1 aromatic carbocycles. The van der Waals surface area contributed by atoms with Crippen LogP contribution in [0.1, 0.15) is 12.0 Å². The zero-order valence-electron chi connectivity index (χ0n) is 15.1. The summed E-state index contributed by atoms with van der Waals surface area (Å²) in [6.45, 7) is 5.32. The van der Waals surface area contributed by atoms with E-state index in [4.69, 9.17) is 5.73 Å². The fourth-order valence-corrected chi connectivity index (χ4v) is 3.12. The quantitative estimate of drug-likeness (QED) is 0.739. The fraction of sp³-hybridized carbons (Fsp3) is 0.400. The van der Waals surface area contributed by atoms with Crippen molar-refractivity contribution in [3.05, 3.63) is 54.2 Å². The normalized spacial score (nSPS) is 15.0. The van der Waals surface area contributed by atoms with E-state index in [9.17, 15) is 4.79 Å². The van der Waals surface area contributed by atoms with Crippen LogP contribution in [0.5, 0.6) is 0 Å². The van der Waals surface area contributed by atoms with Gasteiger partial charge in [0.05, 0.1) is 0 Å². The summed E-state index contributed by atoms with van der Waals surface area (Å²) in [5.41, 5.74) is 7.62. The van der Waals surface area contributed by atoms with Gasteiger partial charge in [0.15, 0.2) is 0 Å². The molecule has 3 rings (SSSR count). The molecule has 1 fully saturated rings. The highest BCUT2D eigenvalue weighted by molar-refractivity contribution is 5.76. The molecule has 6 nitrogen and oxygen atoms in total. The molecule has 0 aliphatic carbocycles. The summed E-state index contributed by atoms with van der Waals surface area (Å²) >= 11 is 0. The second-order valence-corrected chi connectivity index (χ2v) is 6.61. The standard InChI is InChI=1S/C20H27N5O/c21-18-6-4-17(5-7-18)8-11-23-20(26)9-12-24-13-15-25(16-14-24)19-3-1-2-10-22-19/h1-7,10H,8-9,11-16,21H2,(H,23,26). The van der Waals surface area contributed by atoms with Gasteiger partial charge in [0.25, 0.3) is 0 Å². The minimum absolute atomic E-state index is 0.118. The molecule has 0 saturated carbocycles. The highest BCUT2D eigenvalue weighted by atomic mass is 16.1. The van der Waals surface area contributed by atoms with Crippen molar-refractivity contribution in [3.8, 4) is 0 Å². The van der Waals surface area contributed by atoms with Crippen molar-refractivity contribution < 1.29 is 4.79 Å². The first kappa shape index (κ1) is 18.2. The van der Waals surface area contributed by atoms with Crippen molar-refractivity contribution in [2.24, 2.45) is 0 Å². The second kappa shape index (κ2) is 9.20. The molecular weight excluding hydrogens is 326 g/mol. The van der Waals surface area contributed by atoms with E-state index in [0.717, 1.165) is 50.6 Å². The molecule has 0 atom stereocenters. The first-order valence-corrected chi connectivity index (χ1v) is 9.20. The number of nitrogens with one attached hydrogen (secondary N) is 1. The second-order valence-electron chi connectivity index (χ2n) is 6.61. The van der Waals surface area contributed by atoms with E-state index in [0.29, 0.717) is 13.0 Å². The number of rotatable bonds is 7. The Labute approximate surface area is 155 Å². The molecule has 2 heterocycles. The third kappa shape index (κ3) is 5.46. The molecule has 0 unspecified atom stereocenters. The lowest BCUT2D eigenvalue weighted by Gasteiger charge is -2.35. The van der Waals surface area contributed by atoms with E-state index in [-0.39, 0.29) is 5.91 Å². The van der Waals surface area contributed by atoms with Gasteiger partial charge in [0.1, 0.15) is 5.82 Å². The van der Waals surface area contributed by atoms with Crippen LogP contribution in [0.3, 0.4) is 0 Å². The third-order valence-electron chi connectivity index (χ3n) is 4.72. The van der Waals surface area contributed by atoms with Crippen molar-refractivity contribution in [1.82, 2.24) is 15.2 Å². The molecular formula is C20H27N5O. The van der Waals surface area contributed by atoms with Gasteiger partial charge in [-0.2, -0.15) is 0 Å². The number of pyridine rings is 1. The number of nitrogen functional groups attached to an aromatic ring is 1. The molecule has 0 radical (unpaired) electrons. The number of amides is 1. The number of aromatic nitrogens is 1. The van der Waals surface area contributed by atoms with E-state index < -0.39 is 0 Å². The minimum atomic E-state index is 0.118. The van der Waals surface area contributed by atoms with Gasteiger partial charge in [-0.3, -0.25) is 9.69 Å². The number of benzene rings is 1. The van der Waals surface area contributed by atoms with E-state index in [2.05, 4.69) is 20.1 Å². The Bertz CT molecular complexity index is 681. The van der Waals surface area contributed by atoms with Crippen LogP contribution >= 0.6 is 0 Å². The van der Waals surface area contributed by atoms with Crippen LogP contribution < -0.4 is 16.0 Å². The molecule has 1 aliphatic rings. The first-order valence-electron chi connectivity index (χ1n) is 9.20. The molecule has 3 N–H and O–H groups in total. The van der Waals surface area contributed by atoms with Gasteiger partial charge in [-0.25, -0.2) is 4.98 Å². The topological polar surface area (TPSA) is 74.5 Å². The van der Waals surface area contributed by atoms with E-state index in [1.807, 2.05) is 48.7 Å². The van der Waals surface area contributed by atoms with Gasteiger partial charge in [0.2, 0.25) is 5.91 Å². The van der Waals surface area contributed by atoms with Crippen LogP contribution in [0.4, 0.5) is 11.5 Å². The maximum atomic E-state index is 12.0. The molecule has 1 aromatic heterocycles. The van der Waals surface area contributed by atoms with Crippen LogP contribution in [0.25, 0.3) is 0 Å². The van der Waals surface area contributed by atoms with Crippen LogP contribution in [0.15, 0.2) is 48.7 Å². The van der Waals surface area contributed by atoms with Crippen molar-refractivity contribution in [2.75, 3.05) is 49.9 Å². The minimum Gasteiger partial charge on any atom is -0.399 e. The number of piperazine rings is 1. The summed E-state index contributed by atoms with van der Waals surface area (Å²) in [4.78, 5) is 21.1. The Morgan fingerprint density at radius 1 is 1.08 bits per heavy atom. The van der Waals surface area contributed by atoms with E-state index in [1.165, 1.54) is 5.56 Å². The number of carbonyl (C=O) groups is 1. The molecule has 26 heavy (non-hydrogen) atoms. The Morgan fingerprint density at radius 3 is 2.54 bits per heavy atom. The summed E-state index contributed by atoms with van der Waals surface area (Å²) in [5.74, 6) is 1.15. The first-order chi connectivity index (χ1) is 12.7. The van der Waals surface area contributed by atoms with Crippen LogP contribution in [-0.2, 0) is 11.2 Å². The van der Waals surface area contributed by atoms with Crippen LogP contribution in [0, 0.1) is 0 Å².